The van der Waals surface area contributed by atoms with Crippen molar-refractivity contribution in [3.8, 4) is 0 Å². The van der Waals surface area contributed by atoms with Gasteiger partial charge in [0.1, 0.15) is 5.82 Å². The summed E-state index contributed by atoms with van der Waals surface area (Å²) in [6.45, 7) is 4.13. The lowest BCUT2D eigenvalue weighted by Crippen LogP contribution is -2.38. The van der Waals surface area contributed by atoms with E-state index in [2.05, 4.69) is 26.7 Å². The van der Waals surface area contributed by atoms with Crippen molar-refractivity contribution in [2.45, 2.75) is 25.6 Å². The molecule has 0 aliphatic rings. The lowest BCUT2D eigenvalue weighted by molar-refractivity contribution is 0.625. The maximum absolute atomic E-state index is 13.4. The van der Waals surface area contributed by atoms with Crippen LogP contribution in [0.25, 0.3) is 0 Å². The van der Waals surface area contributed by atoms with Crippen LogP contribution in [0, 0.1) is 5.82 Å². The van der Waals surface area contributed by atoms with E-state index in [-0.39, 0.29) is 5.82 Å². The minimum Gasteiger partial charge on any atom is -0.357 e. The Balaban J connectivity index is 1.97. The van der Waals surface area contributed by atoms with E-state index in [1.165, 1.54) is 11.6 Å². The SMILES string of the molecule is CCNC(=NCc1ccc(F)cc1CSC)NCCc1cccnc1. The number of pyridine rings is 1. The van der Waals surface area contributed by atoms with Gasteiger partial charge in [0.05, 0.1) is 6.54 Å². The molecule has 0 unspecified atom stereocenters. The van der Waals surface area contributed by atoms with Crippen molar-refractivity contribution in [3.05, 3.63) is 65.2 Å². The number of hydrogen-bond donors (Lipinski definition) is 2. The highest BCUT2D eigenvalue weighted by Gasteiger charge is 2.05. The molecule has 1 aromatic carbocycles. The molecule has 6 heteroatoms. The molecule has 0 aliphatic heterocycles. The second-order valence-electron chi connectivity index (χ2n) is 5.58. The van der Waals surface area contributed by atoms with Crippen molar-refractivity contribution in [1.82, 2.24) is 15.6 Å². The van der Waals surface area contributed by atoms with E-state index in [1.807, 2.05) is 31.5 Å². The van der Waals surface area contributed by atoms with Gasteiger partial charge >= 0.3 is 0 Å². The monoisotopic (exact) mass is 360 g/mol. The number of nitrogens with zero attached hydrogens (tertiary/aromatic N) is 2. The van der Waals surface area contributed by atoms with Crippen LogP contribution in [0.15, 0.2) is 47.7 Å². The maximum Gasteiger partial charge on any atom is 0.191 e. The van der Waals surface area contributed by atoms with Crippen LogP contribution in [-0.2, 0) is 18.7 Å². The third-order valence-corrected chi connectivity index (χ3v) is 4.25. The molecular formula is C19H25FN4S. The highest BCUT2D eigenvalue weighted by molar-refractivity contribution is 7.97. The quantitative estimate of drug-likeness (QED) is 0.560. The van der Waals surface area contributed by atoms with E-state index in [0.29, 0.717) is 6.54 Å². The number of nitrogens with one attached hydrogen (secondary N) is 2. The van der Waals surface area contributed by atoms with E-state index in [9.17, 15) is 4.39 Å². The molecule has 0 bridgehead atoms. The Labute approximate surface area is 153 Å². The van der Waals surface area contributed by atoms with E-state index in [0.717, 1.165) is 42.3 Å². The molecule has 0 atom stereocenters. The standard InChI is InChI=1S/C19H25FN4S/c1-3-22-19(23-10-8-15-5-4-9-21-12-15)24-13-16-6-7-18(20)11-17(16)14-25-2/h4-7,9,11-12H,3,8,10,13-14H2,1-2H3,(H2,22,23,24). The number of aromatic nitrogens is 1. The minimum atomic E-state index is -0.196. The summed E-state index contributed by atoms with van der Waals surface area (Å²) in [4.78, 5) is 8.76. The lowest BCUT2D eigenvalue weighted by atomic mass is 10.1. The molecule has 0 fully saturated rings. The van der Waals surface area contributed by atoms with Gasteiger partial charge in [0.2, 0.25) is 0 Å². The Morgan fingerprint density at radius 2 is 2.12 bits per heavy atom. The molecule has 0 saturated heterocycles. The van der Waals surface area contributed by atoms with Crippen molar-refractivity contribution < 1.29 is 4.39 Å². The molecule has 2 rings (SSSR count). The highest BCUT2D eigenvalue weighted by Crippen LogP contribution is 2.17. The Morgan fingerprint density at radius 3 is 2.84 bits per heavy atom. The lowest BCUT2D eigenvalue weighted by Gasteiger charge is -2.12. The van der Waals surface area contributed by atoms with Gasteiger partial charge in [-0.2, -0.15) is 11.8 Å². The molecule has 134 valence electrons. The second kappa shape index (κ2) is 10.7. The van der Waals surface area contributed by atoms with E-state index < -0.39 is 0 Å². The van der Waals surface area contributed by atoms with Gasteiger partial charge in [-0.1, -0.05) is 12.1 Å². The number of rotatable bonds is 8. The van der Waals surface area contributed by atoms with Crippen molar-refractivity contribution in [2.75, 3.05) is 19.3 Å². The average molecular weight is 361 g/mol. The third kappa shape index (κ3) is 6.74. The summed E-state index contributed by atoms with van der Waals surface area (Å²) in [6.07, 6.45) is 6.55. The van der Waals surface area contributed by atoms with Crippen LogP contribution >= 0.6 is 11.8 Å². The molecule has 1 aromatic heterocycles. The summed E-state index contributed by atoms with van der Waals surface area (Å²) in [7, 11) is 0. The van der Waals surface area contributed by atoms with Crippen LogP contribution in [0.2, 0.25) is 0 Å². The Bertz CT molecular complexity index is 676. The summed E-state index contributed by atoms with van der Waals surface area (Å²) in [6, 6.07) is 8.92. The molecule has 0 radical (unpaired) electrons. The fraction of sp³-hybridized carbons (Fsp3) is 0.368. The van der Waals surface area contributed by atoms with Gasteiger partial charge in [0, 0.05) is 31.2 Å². The number of halogens is 1. The molecule has 0 spiro atoms. The first kappa shape index (κ1) is 19.2. The minimum absolute atomic E-state index is 0.196. The van der Waals surface area contributed by atoms with Gasteiger partial charge < -0.3 is 10.6 Å². The van der Waals surface area contributed by atoms with E-state index >= 15 is 0 Å². The first-order chi connectivity index (χ1) is 12.2. The van der Waals surface area contributed by atoms with Crippen molar-refractivity contribution in [3.63, 3.8) is 0 Å². The van der Waals surface area contributed by atoms with Crippen LogP contribution < -0.4 is 10.6 Å². The molecule has 25 heavy (non-hydrogen) atoms. The van der Waals surface area contributed by atoms with E-state index in [4.69, 9.17) is 0 Å². The number of hydrogen-bond acceptors (Lipinski definition) is 3. The van der Waals surface area contributed by atoms with E-state index in [1.54, 1.807) is 24.0 Å². The van der Waals surface area contributed by atoms with Gasteiger partial charge in [0.15, 0.2) is 5.96 Å². The zero-order valence-corrected chi connectivity index (χ0v) is 15.6. The number of benzene rings is 1. The number of aliphatic imine (C=N–C) groups is 1. The Hall–Kier alpha value is -2.08. The molecule has 2 N–H and O–H groups in total. The molecule has 0 saturated carbocycles. The van der Waals surface area contributed by atoms with Crippen LogP contribution in [-0.4, -0.2) is 30.3 Å². The van der Waals surface area contributed by atoms with Crippen molar-refractivity contribution in [1.29, 1.82) is 0 Å². The predicted molar refractivity (Wildman–Crippen MR) is 104 cm³/mol. The predicted octanol–water partition coefficient (Wildman–Crippen LogP) is 3.38. The molecule has 0 aliphatic carbocycles. The van der Waals surface area contributed by atoms with Crippen LogP contribution in [0.4, 0.5) is 4.39 Å². The largest absolute Gasteiger partial charge is 0.357 e. The van der Waals surface area contributed by atoms with Gasteiger partial charge in [-0.15, -0.1) is 0 Å². The van der Waals surface area contributed by atoms with Crippen LogP contribution in [0.3, 0.4) is 0 Å². The molecular weight excluding hydrogens is 335 g/mol. The molecule has 4 nitrogen and oxygen atoms in total. The fourth-order valence-electron chi connectivity index (χ4n) is 2.42. The summed E-state index contributed by atoms with van der Waals surface area (Å²) < 4.78 is 13.4. The van der Waals surface area contributed by atoms with Crippen molar-refractivity contribution >= 4 is 17.7 Å². The second-order valence-corrected chi connectivity index (χ2v) is 6.45. The Morgan fingerprint density at radius 1 is 1.24 bits per heavy atom. The van der Waals surface area contributed by atoms with Crippen LogP contribution in [0.1, 0.15) is 23.6 Å². The average Bonchev–Trinajstić information content (AvgIpc) is 2.62. The summed E-state index contributed by atoms with van der Waals surface area (Å²) in [5.74, 6) is 1.36. The highest BCUT2D eigenvalue weighted by atomic mass is 32.2. The normalized spacial score (nSPS) is 11.4. The molecule has 0 amide bonds. The number of thioether (sulfide) groups is 1. The first-order valence-electron chi connectivity index (χ1n) is 8.40. The summed E-state index contributed by atoms with van der Waals surface area (Å²) >= 11 is 1.68. The van der Waals surface area contributed by atoms with Gasteiger partial charge in [0.25, 0.3) is 0 Å². The van der Waals surface area contributed by atoms with Gasteiger partial charge in [-0.05, 0) is 54.5 Å². The van der Waals surface area contributed by atoms with Crippen LogP contribution in [0.5, 0.6) is 0 Å². The smallest absolute Gasteiger partial charge is 0.191 e. The van der Waals surface area contributed by atoms with Crippen molar-refractivity contribution in [2.24, 2.45) is 4.99 Å². The van der Waals surface area contributed by atoms with Gasteiger partial charge in [-0.3, -0.25) is 4.98 Å². The zero-order chi connectivity index (χ0) is 17.9. The summed E-state index contributed by atoms with van der Waals surface area (Å²) in [5, 5.41) is 6.58. The number of guanidine groups is 1. The third-order valence-electron chi connectivity index (χ3n) is 3.65. The maximum atomic E-state index is 13.4. The van der Waals surface area contributed by atoms with Gasteiger partial charge in [-0.25, -0.2) is 9.38 Å². The Kier molecular flexibility index (Phi) is 8.25. The molecule has 2 aromatic rings. The first-order valence-corrected chi connectivity index (χ1v) is 9.79. The zero-order valence-electron chi connectivity index (χ0n) is 14.8. The topological polar surface area (TPSA) is 49.3 Å². The molecule has 1 heterocycles. The summed E-state index contributed by atoms with van der Waals surface area (Å²) in [5.41, 5.74) is 3.24. The fourth-order valence-corrected chi connectivity index (χ4v) is 3.00.